The van der Waals surface area contributed by atoms with E-state index in [-0.39, 0.29) is 0 Å². The van der Waals surface area contributed by atoms with Crippen LogP contribution in [0.2, 0.25) is 5.15 Å². The molecular formula is C13H13ClN4. The maximum Gasteiger partial charge on any atom is 0.181 e. The zero-order valence-electron chi connectivity index (χ0n) is 9.93. The smallest absolute Gasteiger partial charge is 0.181 e. The monoisotopic (exact) mass is 260 g/mol. The molecule has 5 heteroatoms. The molecule has 0 aromatic carbocycles. The van der Waals surface area contributed by atoms with Crippen LogP contribution in [0.5, 0.6) is 0 Å². The first kappa shape index (κ1) is 11.5. The Hall–Kier alpha value is -1.55. The summed E-state index contributed by atoms with van der Waals surface area (Å²) in [5.74, 6) is 0.578. The van der Waals surface area contributed by atoms with E-state index in [0.29, 0.717) is 16.7 Å². The van der Waals surface area contributed by atoms with Crippen LogP contribution in [0.25, 0.3) is 11.5 Å². The van der Waals surface area contributed by atoms with Crippen molar-refractivity contribution in [3.8, 4) is 11.5 Å². The molecule has 4 nitrogen and oxygen atoms in total. The molecule has 0 fully saturated rings. The van der Waals surface area contributed by atoms with Crippen LogP contribution in [0.4, 0.5) is 0 Å². The normalized spacial score (nSPS) is 14.9. The van der Waals surface area contributed by atoms with Crippen molar-refractivity contribution in [2.24, 2.45) is 0 Å². The van der Waals surface area contributed by atoms with Gasteiger partial charge in [0.1, 0.15) is 10.8 Å². The quantitative estimate of drug-likeness (QED) is 0.584. The van der Waals surface area contributed by atoms with E-state index in [2.05, 4.69) is 19.9 Å². The Morgan fingerprint density at radius 3 is 2.72 bits per heavy atom. The number of nitrogens with zero attached hydrogens (tertiary/aromatic N) is 4. The lowest BCUT2D eigenvalue weighted by Crippen LogP contribution is -2.03. The number of hydrogen-bond acceptors (Lipinski definition) is 4. The lowest BCUT2D eigenvalue weighted by Gasteiger charge is -2.08. The molecule has 1 aliphatic carbocycles. The third-order valence-corrected chi connectivity index (χ3v) is 3.49. The van der Waals surface area contributed by atoms with Crippen LogP contribution in [0.3, 0.4) is 0 Å². The highest BCUT2D eigenvalue weighted by molar-refractivity contribution is 6.30. The first-order valence-electron chi connectivity index (χ1n) is 6.16. The summed E-state index contributed by atoms with van der Waals surface area (Å²) in [6.45, 7) is 0. The van der Waals surface area contributed by atoms with Crippen LogP contribution in [0.15, 0.2) is 18.6 Å². The lowest BCUT2D eigenvalue weighted by atomic mass is 10.1. The molecule has 0 unspecified atom stereocenters. The zero-order chi connectivity index (χ0) is 12.4. The van der Waals surface area contributed by atoms with E-state index >= 15 is 0 Å². The Bertz CT molecular complexity index is 556. The first-order valence-corrected chi connectivity index (χ1v) is 6.54. The summed E-state index contributed by atoms with van der Waals surface area (Å²) in [4.78, 5) is 17.2. The van der Waals surface area contributed by atoms with Crippen LogP contribution in [0.1, 0.15) is 30.5 Å². The van der Waals surface area contributed by atoms with Gasteiger partial charge in [-0.15, -0.1) is 0 Å². The molecule has 3 rings (SSSR count). The molecule has 18 heavy (non-hydrogen) atoms. The fraction of sp³-hybridized carbons (Fsp3) is 0.385. The van der Waals surface area contributed by atoms with Crippen LogP contribution in [-0.4, -0.2) is 19.9 Å². The molecule has 0 saturated carbocycles. The Kier molecular flexibility index (Phi) is 3.19. The van der Waals surface area contributed by atoms with E-state index in [1.807, 2.05) is 0 Å². The second-order valence-electron chi connectivity index (χ2n) is 4.41. The Morgan fingerprint density at radius 2 is 1.89 bits per heavy atom. The largest absolute Gasteiger partial charge is 0.261 e. The highest BCUT2D eigenvalue weighted by Gasteiger charge is 2.16. The van der Waals surface area contributed by atoms with Crippen LogP contribution >= 0.6 is 11.6 Å². The maximum absolute atomic E-state index is 6.27. The molecule has 0 aliphatic heterocycles. The number of aryl methyl sites for hydroxylation is 1. The average Bonchev–Trinajstić information content (AvgIpc) is 2.65. The molecule has 2 aromatic rings. The van der Waals surface area contributed by atoms with Crippen molar-refractivity contribution < 1.29 is 0 Å². The highest BCUT2D eigenvalue weighted by Crippen LogP contribution is 2.26. The Morgan fingerprint density at radius 1 is 1.00 bits per heavy atom. The molecule has 0 spiro atoms. The minimum Gasteiger partial charge on any atom is -0.261 e. The predicted octanol–water partition coefficient (Wildman–Crippen LogP) is 2.86. The Balaban J connectivity index is 2.08. The third-order valence-electron chi connectivity index (χ3n) is 3.17. The molecule has 0 saturated heterocycles. The SMILES string of the molecule is Clc1nc(-c2cnccn2)nc2c1CCCCC2. The van der Waals surface area contributed by atoms with Gasteiger partial charge in [0.2, 0.25) is 0 Å². The summed E-state index contributed by atoms with van der Waals surface area (Å²) in [5.41, 5.74) is 2.86. The van der Waals surface area contributed by atoms with Gasteiger partial charge < -0.3 is 0 Å². The fourth-order valence-corrected chi connectivity index (χ4v) is 2.54. The van der Waals surface area contributed by atoms with E-state index in [1.165, 1.54) is 19.3 Å². The van der Waals surface area contributed by atoms with Gasteiger partial charge in [0.15, 0.2) is 5.82 Å². The Labute approximate surface area is 110 Å². The summed E-state index contributed by atoms with van der Waals surface area (Å²) in [6.07, 6.45) is 10.5. The van der Waals surface area contributed by atoms with E-state index in [0.717, 1.165) is 24.1 Å². The highest BCUT2D eigenvalue weighted by atomic mass is 35.5. The third kappa shape index (κ3) is 2.20. The van der Waals surface area contributed by atoms with Crippen molar-refractivity contribution in [3.05, 3.63) is 35.0 Å². The van der Waals surface area contributed by atoms with Crippen molar-refractivity contribution in [3.63, 3.8) is 0 Å². The van der Waals surface area contributed by atoms with Gasteiger partial charge in [-0.05, 0) is 25.7 Å². The lowest BCUT2D eigenvalue weighted by molar-refractivity contribution is 0.709. The van der Waals surface area contributed by atoms with Crippen molar-refractivity contribution >= 4 is 11.6 Å². The topological polar surface area (TPSA) is 51.6 Å². The van der Waals surface area contributed by atoms with Gasteiger partial charge in [-0.25, -0.2) is 15.0 Å². The maximum atomic E-state index is 6.27. The van der Waals surface area contributed by atoms with Gasteiger partial charge in [-0.3, -0.25) is 4.98 Å². The van der Waals surface area contributed by atoms with Crippen molar-refractivity contribution in [1.82, 2.24) is 19.9 Å². The molecule has 2 heterocycles. The van der Waals surface area contributed by atoms with Gasteiger partial charge in [0, 0.05) is 23.7 Å². The van der Waals surface area contributed by atoms with Gasteiger partial charge in [0.25, 0.3) is 0 Å². The van der Waals surface area contributed by atoms with Gasteiger partial charge in [-0.2, -0.15) is 0 Å². The molecule has 0 bridgehead atoms. The number of rotatable bonds is 1. The predicted molar refractivity (Wildman–Crippen MR) is 69.3 cm³/mol. The van der Waals surface area contributed by atoms with Crippen molar-refractivity contribution in [1.29, 1.82) is 0 Å². The first-order chi connectivity index (χ1) is 8.84. The molecule has 0 atom stereocenters. The van der Waals surface area contributed by atoms with Gasteiger partial charge in [-0.1, -0.05) is 18.0 Å². The summed E-state index contributed by atoms with van der Waals surface area (Å²) in [6, 6.07) is 0. The number of halogens is 1. The second kappa shape index (κ2) is 4.98. The zero-order valence-corrected chi connectivity index (χ0v) is 10.7. The van der Waals surface area contributed by atoms with E-state index in [1.54, 1.807) is 18.6 Å². The standard InChI is InChI=1S/C13H13ClN4/c14-12-9-4-2-1-3-5-10(9)17-13(18-12)11-8-15-6-7-16-11/h6-8H,1-5H2. The minimum atomic E-state index is 0.572. The van der Waals surface area contributed by atoms with Gasteiger partial charge >= 0.3 is 0 Å². The molecule has 1 aliphatic rings. The average molecular weight is 261 g/mol. The molecule has 0 N–H and O–H groups in total. The molecule has 0 radical (unpaired) electrons. The summed E-state index contributed by atoms with van der Waals surface area (Å²) >= 11 is 6.27. The number of fused-ring (bicyclic) bond motifs is 1. The van der Waals surface area contributed by atoms with Crippen LogP contribution in [0, 0.1) is 0 Å². The minimum absolute atomic E-state index is 0.572. The van der Waals surface area contributed by atoms with E-state index in [4.69, 9.17) is 11.6 Å². The molecule has 92 valence electrons. The summed E-state index contributed by atoms with van der Waals surface area (Å²) in [7, 11) is 0. The van der Waals surface area contributed by atoms with Crippen LogP contribution in [-0.2, 0) is 12.8 Å². The fourth-order valence-electron chi connectivity index (χ4n) is 2.25. The molecular weight excluding hydrogens is 248 g/mol. The number of hydrogen-bond donors (Lipinski definition) is 0. The molecule has 2 aromatic heterocycles. The van der Waals surface area contributed by atoms with Crippen molar-refractivity contribution in [2.45, 2.75) is 32.1 Å². The summed E-state index contributed by atoms with van der Waals surface area (Å²) in [5, 5.41) is 0.572. The van der Waals surface area contributed by atoms with Crippen LogP contribution < -0.4 is 0 Å². The summed E-state index contributed by atoms with van der Waals surface area (Å²) < 4.78 is 0. The van der Waals surface area contributed by atoms with E-state index < -0.39 is 0 Å². The van der Waals surface area contributed by atoms with Gasteiger partial charge in [0.05, 0.1) is 6.20 Å². The molecule has 0 amide bonds. The van der Waals surface area contributed by atoms with E-state index in [9.17, 15) is 0 Å². The number of aromatic nitrogens is 4. The second-order valence-corrected chi connectivity index (χ2v) is 4.77. The van der Waals surface area contributed by atoms with Crippen molar-refractivity contribution in [2.75, 3.05) is 0 Å².